The first-order valence-electron chi connectivity index (χ1n) is 11.8. The second-order valence-corrected chi connectivity index (χ2v) is 9.43. The molecule has 7 heteroatoms. The molecule has 1 amide bonds. The van der Waals surface area contributed by atoms with Gasteiger partial charge in [-0.2, -0.15) is 5.10 Å². The first-order valence-corrected chi connectivity index (χ1v) is 11.8. The number of benzene rings is 2. The molecule has 1 aromatic heterocycles. The molecule has 3 aromatic rings. The number of aromatic nitrogens is 2. The summed E-state index contributed by atoms with van der Waals surface area (Å²) in [5, 5.41) is 4.54. The maximum atomic E-state index is 13.3. The molecule has 0 N–H and O–H groups in total. The molecule has 5 rings (SSSR count). The second kappa shape index (κ2) is 8.38. The summed E-state index contributed by atoms with van der Waals surface area (Å²) < 4.78 is 19.8. The zero-order valence-electron chi connectivity index (χ0n) is 20.4. The van der Waals surface area contributed by atoms with Crippen LogP contribution in [0.25, 0.3) is 11.3 Å². The van der Waals surface area contributed by atoms with Crippen LogP contribution in [0.1, 0.15) is 48.2 Å². The molecular formula is C27H31N3O4. The van der Waals surface area contributed by atoms with Crippen LogP contribution in [0, 0.1) is 6.92 Å². The highest BCUT2D eigenvalue weighted by atomic mass is 16.5. The predicted molar refractivity (Wildman–Crippen MR) is 130 cm³/mol. The van der Waals surface area contributed by atoms with Crippen molar-refractivity contribution in [2.75, 3.05) is 20.2 Å². The van der Waals surface area contributed by atoms with Crippen molar-refractivity contribution in [3.05, 3.63) is 59.3 Å². The lowest BCUT2D eigenvalue weighted by Gasteiger charge is -2.44. The summed E-state index contributed by atoms with van der Waals surface area (Å²) in [6.45, 7) is 7.19. The summed E-state index contributed by atoms with van der Waals surface area (Å²) in [5.41, 5.74) is 4.32. The largest absolute Gasteiger partial charge is 0.497 e. The molecule has 0 bridgehead atoms. The van der Waals surface area contributed by atoms with Crippen molar-refractivity contribution in [2.45, 2.75) is 45.3 Å². The predicted octanol–water partition coefficient (Wildman–Crippen LogP) is 4.72. The Labute approximate surface area is 200 Å². The first-order chi connectivity index (χ1) is 16.3. The molecule has 0 saturated carbocycles. The second-order valence-electron chi connectivity index (χ2n) is 9.43. The van der Waals surface area contributed by atoms with E-state index in [1.54, 1.807) is 7.11 Å². The van der Waals surface area contributed by atoms with Gasteiger partial charge in [0.25, 0.3) is 5.91 Å². The van der Waals surface area contributed by atoms with Gasteiger partial charge in [-0.15, -0.1) is 0 Å². The number of ether oxygens (including phenoxy) is 3. The molecule has 2 aromatic carbocycles. The van der Waals surface area contributed by atoms with Crippen LogP contribution >= 0.6 is 0 Å². The van der Waals surface area contributed by atoms with E-state index >= 15 is 0 Å². The van der Waals surface area contributed by atoms with Crippen LogP contribution in [-0.4, -0.2) is 46.9 Å². The van der Waals surface area contributed by atoms with E-state index in [9.17, 15) is 4.79 Å². The molecule has 178 valence electrons. The van der Waals surface area contributed by atoms with E-state index in [-0.39, 0.29) is 12.0 Å². The molecule has 34 heavy (non-hydrogen) atoms. The number of amides is 1. The molecule has 3 heterocycles. The van der Waals surface area contributed by atoms with Gasteiger partial charge in [0.15, 0.2) is 0 Å². The fourth-order valence-electron chi connectivity index (χ4n) is 5.06. The number of hydrogen-bond acceptors (Lipinski definition) is 5. The van der Waals surface area contributed by atoms with Gasteiger partial charge in [-0.1, -0.05) is 0 Å². The zero-order chi connectivity index (χ0) is 24.0. The third-order valence-corrected chi connectivity index (χ3v) is 6.82. The molecule has 1 fully saturated rings. The monoisotopic (exact) mass is 461 g/mol. The topological polar surface area (TPSA) is 65.8 Å². The molecular weight excluding hydrogens is 430 g/mol. The minimum atomic E-state index is -0.509. The van der Waals surface area contributed by atoms with Crippen LogP contribution in [0.2, 0.25) is 0 Å². The van der Waals surface area contributed by atoms with E-state index < -0.39 is 5.60 Å². The van der Waals surface area contributed by atoms with Gasteiger partial charge in [0, 0.05) is 55.7 Å². The van der Waals surface area contributed by atoms with Gasteiger partial charge < -0.3 is 19.1 Å². The molecule has 0 radical (unpaired) electrons. The molecule has 0 aliphatic carbocycles. The third-order valence-electron chi connectivity index (χ3n) is 6.82. The fraction of sp³-hybridized carbons (Fsp3) is 0.407. The SMILES string of the molecule is COc1ccc2c(c1)OC1(CCN(C(=O)c3ccc(OC(C)C)c(C)c3)CC1)c1cnn(C)c1-2. The fourth-order valence-corrected chi connectivity index (χ4v) is 5.06. The Balaban J connectivity index is 1.38. The van der Waals surface area contributed by atoms with Crippen molar-refractivity contribution < 1.29 is 19.0 Å². The Morgan fingerprint density at radius 3 is 2.59 bits per heavy atom. The maximum absolute atomic E-state index is 13.3. The highest BCUT2D eigenvalue weighted by molar-refractivity contribution is 5.94. The number of methoxy groups -OCH3 is 1. The van der Waals surface area contributed by atoms with Gasteiger partial charge in [0.1, 0.15) is 22.8 Å². The van der Waals surface area contributed by atoms with E-state index in [0.29, 0.717) is 31.5 Å². The summed E-state index contributed by atoms with van der Waals surface area (Å²) in [7, 11) is 3.61. The van der Waals surface area contributed by atoms with E-state index in [4.69, 9.17) is 14.2 Å². The number of rotatable bonds is 4. The van der Waals surface area contributed by atoms with Crippen molar-refractivity contribution >= 4 is 5.91 Å². The van der Waals surface area contributed by atoms with E-state index in [1.807, 2.05) is 80.0 Å². The van der Waals surface area contributed by atoms with Gasteiger partial charge in [0.05, 0.1) is 25.1 Å². The summed E-state index contributed by atoms with van der Waals surface area (Å²) in [6, 6.07) is 11.6. The Hall–Kier alpha value is -3.48. The van der Waals surface area contributed by atoms with Crippen molar-refractivity contribution in [3.63, 3.8) is 0 Å². The molecule has 1 saturated heterocycles. The lowest BCUT2D eigenvalue weighted by atomic mass is 9.81. The third kappa shape index (κ3) is 3.69. The van der Waals surface area contributed by atoms with Gasteiger partial charge in [-0.3, -0.25) is 9.48 Å². The van der Waals surface area contributed by atoms with Crippen LogP contribution < -0.4 is 14.2 Å². The normalized spacial score (nSPS) is 16.1. The van der Waals surface area contributed by atoms with Crippen molar-refractivity contribution in [2.24, 2.45) is 7.05 Å². The average molecular weight is 462 g/mol. The maximum Gasteiger partial charge on any atom is 0.253 e. The molecule has 0 atom stereocenters. The smallest absolute Gasteiger partial charge is 0.253 e. The molecule has 0 unspecified atom stereocenters. The van der Waals surface area contributed by atoms with Crippen molar-refractivity contribution in [1.82, 2.24) is 14.7 Å². The van der Waals surface area contributed by atoms with Crippen LogP contribution in [0.4, 0.5) is 0 Å². The van der Waals surface area contributed by atoms with Crippen LogP contribution in [-0.2, 0) is 12.6 Å². The van der Waals surface area contributed by atoms with Crippen molar-refractivity contribution in [1.29, 1.82) is 0 Å². The summed E-state index contributed by atoms with van der Waals surface area (Å²) >= 11 is 0. The number of carbonyl (C=O) groups excluding carboxylic acids is 1. The van der Waals surface area contributed by atoms with E-state index in [2.05, 4.69) is 5.10 Å². The Kier molecular flexibility index (Phi) is 5.50. The van der Waals surface area contributed by atoms with Gasteiger partial charge in [-0.05, 0) is 56.7 Å². The van der Waals surface area contributed by atoms with E-state index in [1.165, 1.54) is 0 Å². The Morgan fingerprint density at radius 2 is 1.91 bits per heavy atom. The number of likely N-dealkylation sites (tertiary alicyclic amines) is 1. The van der Waals surface area contributed by atoms with E-state index in [0.717, 1.165) is 39.6 Å². The van der Waals surface area contributed by atoms with Crippen LogP contribution in [0.5, 0.6) is 17.2 Å². The van der Waals surface area contributed by atoms with Crippen LogP contribution in [0.3, 0.4) is 0 Å². The molecule has 2 aliphatic rings. The number of fused-ring (bicyclic) bond motifs is 4. The Bertz CT molecular complexity index is 1240. The summed E-state index contributed by atoms with van der Waals surface area (Å²) in [5.74, 6) is 2.41. The number of nitrogens with zero attached hydrogens (tertiary/aromatic N) is 3. The lowest BCUT2D eigenvalue weighted by Crippen LogP contribution is -2.49. The highest BCUT2D eigenvalue weighted by Crippen LogP contribution is 2.50. The van der Waals surface area contributed by atoms with Crippen LogP contribution in [0.15, 0.2) is 42.6 Å². The number of aryl methyl sites for hydroxylation is 2. The first kappa shape index (κ1) is 22.3. The highest BCUT2D eigenvalue weighted by Gasteiger charge is 2.46. The quantitative estimate of drug-likeness (QED) is 0.563. The minimum absolute atomic E-state index is 0.0401. The van der Waals surface area contributed by atoms with Crippen molar-refractivity contribution in [3.8, 4) is 28.5 Å². The number of piperidine rings is 1. The van der Waals surface area contributed by atoms with Gasteiger partial charge >= 0.3 is 0 Å². The average Bonchev–Trinajstić information content (AvgIpc) is 3.22. The number of carbonyl (C=O) groups is 1. The van der Waals surface area contributed by atoms with Gasteiger partial charge in [-0.25, -0.2) is 0 Å². The Morgan fingerprint density at radius 1 is 1.15 bits per heavy atom. The minimum Gasteiger partial charge on any atom is -0.497 e. The lowest BCUT2D eigenvalue weighted by molar-refractivity contribution is -0.00183. The molecule has 2 aliphatic heterocycles. The standard InChI is InChI=1S/C27H31N3O4/c1-17(2)33-23-9-6-19(14-18(23)3)26(31)30-12-10-27(11-13-30)22-16-28-29(4)25(22)21-8-7-20(32-5)15-24(21)34-27/h6-9,14-17H,10-13H2,1-5H3. The number of hydrogen-bond donors (Lipinski definition) is 0. The summed E-state index contributed by atoms with van der Waals surface area (Å²) in [4.78, 5) is 15.2. The molecule has 7 nitrogen and oxygen atoms in total. The summed E-state index contributed by atoms with van der Waals surface area (Å²) in [6.07, 6.45) is 3.40. The molecule has 1 spiro atoms. The zero-order valence-corrected chi connectivity index (χ0v) is 20.4. The van der Waals surface area contributed by atoms with Gasteiger partial charge in [0.2, 0.25) is 0 Å².